The van der Waals surface area contributed by atoms with E-state index in [1.165, 1.54) is 57.8 Å². The molecule has 0 aromatic rings. The predicted octanol–water partition coefficient (Wildman–Crippen LogP) is 4.06. The van der Waals surface area contributed by atoms with E-state index < -0.39 is 0 Å². The first kappa shape index (κ1) is 15.0. The van der Waals surface area contributed by atoms with Crippen LogP contribution in [0.15, 0.2) is 0 Å². The average molecular weight is 242 g/mol. The highest BCUT2D eigenvalue weighted by Crippen LogP contribution is 2.19. The molecule has 0 radical (unpaired) electrons. The Morgan fingerprint density at radius 3 is 2.06 bits per heavy atom. The molecule has 2 nitrogen and oxygen atoms in total. The topological polar surface area (TPSA) is 32.8 Å². The zero-order valence-corrected chi connectivity index (χ0v) is 11.5. The van der Waals surface area contributed by atoms with Crippen molar-refractivity contribution in [3.63, 3.8) is 0 Å². The van der Waals surface area contributed by atoms with Gasteiger partial charge in [-0.25, -0.2) is 0 Å². The molecule has 1 aliphatic rings. The molecular formula is C15H30O2. The molecule has 2 unspecified atom stereocenters. The van der Waals surface area contributed by atoms with E-state index in [-0.39, 0.29) is 6.10 Å². The van der Waals surface area contributed by atoms with Crippen molar-refractivity contribution in [1.82, 2.24) is 0 Å². The molecule has 0 aromatic carbocycles. The lowest BCUT2D eigenvalue weighted by atomic mass is 10.0. The number of hydrogen-bond acceptors (Lipinski definition) is 2. The lowest BCUT2D eigenvalue weighted by Crippen LogP contribution is -2.09. The molecule has 0 bridgehead atoms. The summed E-state index contributed by atoms with van der Waals surface area (Å²) in [6.07, 6.45) is 14.2. The Kier molecular flexibility index (Phi) is 8.72. The molecule has 2 heteroatoms. The van der Waals surface area contributed by atoms with Crippen LogP contribution in [0, 0.1) is 0 Å². The van der Waals surface area contributed by atoms with Crippen LogP contribution in [0.1, 0.15) is 77.6 Å². The molecule has 1 heterocycles. The third-order valence-corrected chi connectivity index (χ3v) is 3.58. The summed E-state index contributed by atoms with van der Waals surface area (Å²) in [5, 5.41) is 9.68. The van der Waals surface area contributed by atoms with Gasteiger partial charge in [-0.15, -0.1) is 0 Å². The largest absolute Gasteiger partial charge is 0.393 e. The van der Waals surface area contributed by atoms with Gasteiger partial charge in [0.25, 0.3) is 0 Å². The number of rotatable bonds is 12. The van der Waals surface area contributed by atoms with Crippen LogP contribution in [-0.2, 0) is 4.74 Å². The zero-order chi connectivity index (χ0) is 12.3. The summed E-state index contributed by atoms with van der Waals surface area (Å²) >= 11 is 0. The maximum Gasteiger partial charge on any atom is 0.0834 e. The lowest BCUT2D eigenvalue weighted by Gasteiger charge is -2.08. The number of aliphatic hydroxyl groups excluding tert-OH is 1. The normalized spacial score (nSPS) is 20.5. The minimum absolute atomic E-state index is 0.118. The molecule has 0 amide bonds. The Bertz CT molecular complexity index is 166. The SMILES string of the molecule is CCCCCCCCCCCC(O)CC1CO1. The molecule has 1 saturated heterocycles. The summed E-state index contributed by atoms with van der Waals surface area (Å²) in [5.74, 6) is 0. The maximum atomic E-state index is 9.68. The van der Waals surface area contributed by atoms with Crippen molar-refractivity contribution in [1.29, 1.82) is 0 Å². The minimum atomic E-state index is -0.118. The van der Waals surface area contributed by atoms with Crippen molar-refractivity contribution >= 4 is 0 Å². The highest BCUT2D eigenvalue weighted by atomic mass is 16.6. The Labute approximate surface area is 107 Å². The van der Waals surface area contributed by atoms with E-state index >= 15 is 0 Å². The van der Waals surface area contributed by atoms with Gasteiger partial charge in [-0.1, -0.05) is 64.7 Å². The summed E-state index contributed by atoms with van der Waals surface area (Å²) in [4.78, 5) is 0. The Morgan fingerprint density at radius 1 is 1.00 bits per heavy atom. The third kappa shape index (κ3) is 9.61. The van der Waals surface area contributed by atoms with E-state index in [9.17, 15) is 5.11 Å². The molecule has 1 N–H and O–H groups in total. The van der Waals surface area contributed by atoms with Crippen molar-refractivity contribution in [3.05, 3.63) is 0 Å². The fourth-order valence-electron chi connectivity index (χ4n) is 2.32. The molecule has 0 aromatic heterocycles. The molecule has 2 atom stereocenters. The van der Waals surface area contributed by atoms with Gasteiger partial charge in [0, 0.05) is 6.42 Å². The van der Waals surface area contributed by atoms with Gasteiger partial charge in [0.15, 0.2) is 0 Å². The van der Waals surface area contributed by atoms with Crippen LogP contribution in [0.2, 0.25) is 0 Å². The highest BCUT2D eigenvalue weighted by Gasteiger charge is 2.25. The number of epoxide rings is 1. The average Bonchev–Trinajstić information content (AvgIpc) is 3.11. The monoisotopic (exact) mass is 242 g/mol. The standard InChI is InChI=1S/C15H30O2/c1-2-3-4-5-6-7-8-9-10-11-14(16)12-15-13-17-15/h14-16H,2-13H2,1H3. The second-order valence-electron chi connectivity index (χ2n) is 5.46. The van der Waals surface area contributed by atoms with Crippen LogP contribution in [-0.4, -0.2) is 23.9 Å². The molecule has 17 heavy (non-hydrogen) atoms. The van der Waals surface area contributed by atoms with Gasteiger partial charge in [0.2, 0.25) is 0 Å². The number of unbranched alkanes of at least 4 members (excludes halogenated alkanes) is 8. The summed E-state index contributed by atoms with van der Waals surface area (Å²) in [6, 6.07) is 0. The van der Waals surface area contributed by atoms with Gasteiger partial charge in [-0.3, -0.25) is 0 Å². The summed E-state index contributed by atoms with van der Waals surface area (Å²) in [6.45, 7) is 3.13. The number of ether oxygens (including phenoxy) is 1. The van der Waals surface area contributed by atoms with Crippen LogP contribution >= 0.6 is 0 Å². The van der Waals surface area contributed by atoms with Gasteiger partial charge >= 0.3 is 0 Å². The van der Waals surface area contributed by atoms with Crippen molar-refractivity contribution in [2.24, 2.45) is 0 Å². The van der Waals surface area contributed by atoms with Crippen LogP contribution in [0.25, 0.3) is 0 Å². The maximum absolute atomic E-state index is 9.68. The van der Waals surface area contributed by atoms with Gasteiger partial charge in [-0.05, 0) is 6.42 Å². The molecule has 0 aliphatic carbocycles. The van der Waals surface area contributed by atoms with Crippen LogP contribution in [0.3, 0.4) is 0 Å². The Balaban J connectivity index is 1.71. The van der Waals surface area contributed by atoms with Crippen molar-refractivity contribution in [3.8, 4) is 0 Å². The molecule has 1 rings (SSSR count). The van der Waals surface area contributed by atoms with E-state index in [0.29, 0.717) is 6.10 Å². The van der Waals surface area contributed by atoms with Crippen molar-refractivity contribution in [2.75, 3.05) is 6.61 Å². The molecule has 0 spiro atoms. The van der Waals surface area contributed by atoms with Crippen molar-refractivity contribution in [2.45, 2.75) is 89.8 Å². The fraction of sp³-hybridized carbons (Fsp3) is 1.00. The second kappa shape index (κ2) is 9.90. The predicted molar refractivity (Wildman–Crippen MR) is 72.2 cm³/mol. The first-order chi connectivity index (χ1) is 8.33. The number of hydrogen-bond donors (Lipinski definition) is 1. The van der Waals surface area contributed by atoms with E-state index in [2.05, 4.69) is 6.92 Å². The molecule has 1 fully saturated rings. The second-order valence-corrected chi connectivity index (χ2v) is 5.46. The number of aliphatic hydroxyl groups is 1. The van der Waals surface area contributed by atoms with Crippen molar-refractivity contribution < 1.29 is 9.84 Å². The van der Waals surface area contributed by atoms with E-state index in [1.54, 1.807) is 0 Å². The lowest BCUT2D eigenvalue weighted by molar-refractivity contribution is 0.139. The molecule has 102 valence electrons. The molecule has 0 saturated carbocycles. The van der Waals surface area contributed by atoms with Gasteiger partial charge in [0.1, 0.15) is 0 Å². The minimum Gasteiger partial charge on any atom is -0.393 e. The van der Waals surface area contributed by atoms with E-state index in [4.69, 9.17) is 4.74 Å². The fourth-order valence-corrected chi connectivity index (χ4v) is 2.32. The van der Waals surface area contributed by atoms with Gasteiger partial charge < -0.3 is 9.84 Å². The van der Waals surface area contributed by atoms with Gasteiger partial charge in [-0.2, -0.15) is 0 Å². The van der Waals surface area contributed by atoms with Crippen LogP contribution < -0.4 is 0 Å². The van der Waals surface area contributed by atoms with Crippen LogP contribution in [0.5, 0.6) is 0 Å². The van der Waals surface area contributed by atoms with E-state index in [0.717, 1.165) is 19.4 Å². The van der Waals surface area contributed by atoms with Crippen LogP contribution in [0.4, 0.5) is 0 Å². The Hall–Kier alpha value is -0.0800. The summed E-state index contributed by atoms with van der Waals surface area (Å²) < 4.78 is 5.11. The highest BCUT2D eigenvalue weighted by molar-refractivity contribution is 4.73. The summed E-state index contributed by atoms with van der Waals surface area (Å²) in [7, 11) is 0. The quantitative estimate of drug-likeness (QED) is 0.413. The molecule has 1 aliphatic heterocycles. The zero-order valence-electron chi connectivity index (χ0n) is 11.5. The molecular weight excluding hydrogens is 212 g/mol. The first-order valence-electron chi connectivity index (χ1n) is 7.62. The van der Waals surface area contributed by atoms with E-state index in [1.807, 2.05) is 0 Å². The smallest absolute Gasteiger partial charge is 0.0834 e. The van der Waals surface area contributed by atoms with Gasteiger partial charge in [0.05, 0.1) is 18.8 Å². The third-order valence-electron chi connectivity index (χ3n) is 3.58. The Morgan fingerprint density at radius 2 is 1.53 bits per heavy atom. The summed E-state index contributed by atoms with van der Waals surface area (Å²) in [5.41, 5.74) is 0. The first-order valence-corrected chi connectivity index (χ1v) is 7.62.